The molecule has 0 heterocycles. The Balaban J connectivity index is 3.01. The lowest BCUT2D eigenvalue weighted by Gasteiger charge is -1.98. The third kappa shape index (κ3) is 1.58. The molecule has 0 aromatic heterocycles. The van der Waals surface area contributed by atoms with Gasteiger partial charge in [-0.25, -0.2) is 0 Å². The highest BCUT2D eigenvalue weighted by molar-refractivity contribution is 14.1. The van der Waals surface area contributed by atoms with Gasteiger partial charge in [-0.05, 0) is 40.8 Å². The van der Waals surface area contributed by atoms with E-state index in [0.29, 0.717) is 0 Å². The van der Waals surface area contributed by atoms with Gasteiger partial charge in [-0.15, -0.1) is 0 Å². The lowest BCUT2D eigenvalue weighted by molar-refractivity contribution is 0.411. The number of hydrogen-bond acceptors (Lipinski definition) is 1. The molecular weight excluding hydrogens is 227 g/mol. The smallest absolute Gasteiger partial charge is 0.132 e. The molecule has 0 aliphatic heterocycles. The van der Waals surface area contributed by atoms with Crippen LogP contribution < -0.4 is 4.74 Å². The highest BCUT2D eigenvalue weighted by Crippen LogP contribution is 2.17. The minimum atomic E-state index is 0.887. The monoisotopic (exact) mass is 233 g/mol. The van der Waals surface area contributed by atoms with Crippen LogP contribution in [0.5, 0.6) is 5.75 Å². The average molecular weight is 233 g/mol. The Morgan fingerprint density at radius 2 is 2.44 bits per heavy atom. The number of rotatable bonds is 1. The van der Waals surface area contributed by atoms with Crippen LogP contribution in [0.25, 0.3) is 0 Å². The van der Waals surface area contributed by atoms with E-state index in [0.717, 1.165) is 9.32 Å². The summed E-state index contributed by atoms with van der Waals surface area (Å²) in [5, 5.41) is 0. The Bertz CT molecular complexity index is 198. The Morgan fingerprint density at radius 1 is 1.67 bits per heavy atom. The lowest BCUT2D eigenvalue weighted by Crippen LogP contribution is -1.84. The number of ether oxygens (including phenoxy) is 1. The second kappa shape index (κ2) is 3.06. The van der Waals surface area contributed by atoms with Crippen molar-refractivity contribution in [1.29, 1.82) is 0 Å². The number of halogens is 1. The first kappa shape index (κ1) is 6.86. The molecule has 0 aliphatic carbocycles. The molecule has 2 heteroatoms. The summed E-state index contributed by atoms with van der Waals surface area (Å²) in [6.07, 6.45) is 0. The molecule has 1 rings (SSSR count). The van der Waals surface area contributed by atoms with Crippen molar-refractivity contribution in [2.45, 2.75) is 0 Å². The molecule has 0 amide bonds. The SMILES string of the molecule is COc1c[c]ccc1I. The van der Waals surface area contributed by atoms with Crippen LogP contribution in [0.15, 0.2) is 18.2 Å². The maximum atomic E-state index is 5.01. The van der Waals surface area contributed by atoms with Crippen molar-refractivity contribution in [3.8, 4) is 5.75 Å². The Hall–Kier alpha value is -0.250. The molecule has 0 aliphatic rings. The molecule has 0 bridgehead atoms. The molecule has 0 N–H and O–H groups in total. The van der Waals surface area contributed by atoms with Gasteiger partial charge >= 0.3 is 0 Å². The minimum Gasteiger partial charge on any atom is -0.496 e. The largest absolute Gasteiger partial charge is 0.496 e. The van der Waals surface area contributed by atoms with E-state index in [4.69, 9.17) is 4.74 Å². The van der Waals surface area contributed by atoms with Crippen LogP contribution >= 0.6 is 22.6 Å². The van der Waals surface area contributed by atoms with Crippen molar-refractivity contribution in [2.24, 2.45) is 0 Å². The summed E-state index contributed by atoms with van der Waals surface area (Å²) in [6.45, 7) is 0. The van der Waals surface area contributed by atoms with Gasteiger partial charge in [-0.3, -0.25) is 0 Å². The number of hydrogen-bond donors (Lipinski definition) is 0. The van der Waals surface area contributed by atoms with Crippen molar-refractivity contribution in [2.75, 3.05) is 7.11 Å². The highest BCUT2D eigenvalue weighted by atomic mass is 127. The molecule has 9 heavy (non-hydrogen) atoms. The van der Waals surface area contributed by atoms with Crippen molar-refractivity contribution in [1.82, 2.24) is 0 Å². The van der Waals surface area contributed by atoms with Crippen molar-refractivity contribution < 1.29 is 4.74 Å². The Kier molecular flexibility index (Phi) is 2.33. The summed E-state index contributed by atoms with van der Waals surface area (Å²) < 4.78 is 6.13. The molecule has 0 spiro atoms. The third-order valence-electron chi connectivity index (χ3n) is 0.996. The van der Waals surface area contributed by atoms with Gasteiger partial charge in [0.15, 0.2) is 0 Å². The summed E-state index contributed by atoms with van der Waals surface area (Å²) in [6, 6.07) is 8.57. The van der Waals surface area contributed by atoms with Gasteiger partial charge < -0.3 is 4.74 Å². The van der Waals surface area contributed by atoms with Crippen LogP contribution in [0.2, 0.25) is 0 Å². The zero-order valence-corrected chi connectivity index (χ0v) is 7.18. The van der Waals surface area contributed by atoms with Crippen LogP contribution in [-0.2, 0) is 0 Å². The molecule has 1 aromatic carbocycles. The van der Waals surface area contributed by atoms with E-state index in [1.807, 2.05) is 18.2 Å². The second-order valence-corrected chi connectivity index (χ2v) is 2.72. The lowest BCUT2D eigenvalue weighted by atomic mass is 10.3. The second-order valence-electron chi connectivity index (χ2n) is 1.56. The van der Waals surface area contributed by atoms with E-state index in [1.165, 1.54) is 0 Å². The van der Waals surface area contributed by atoms with E-state index < -0.39 is 0 Å². The molecule has 0 saturated heterocycles. The van der Waals surface area contributed by atoms with Crippen LogP contribution in [0.4, 0.5) is 0 Å². The van der Waals surface area contributed by atoms with E-state index in [1.54, 1.807) is 7.11 Å². The Labute approximate surface area is 68.2 Å². The predicted octanol–water partition coefficient (Wildman–Crippen LogP) is 2.10. The average Bonchev–Trinajstić information content (AvgIpc) is 1.89. The molecule has 1 aromatic rings. The summed E-state index contributed by atoms with van der Waals surface area (Å²) >= 11 is 2.22. The fraction of sp³-hybridized carbons (Fsp3) is 0.143. The molecule has 47 valence electrons. The summed E-state index contributed by atoms with van der Waals surface area (Å²) in [7, 11) is 1.66. The van der Waals surface area contributed by atoms with Gasteiger partial charge in [0.25, 0.3) is 0 Å². The van der Waals surface area contributed by atoms with E-state index >= 15 is 0 Å². The van der Waals surface area contributed by atoms with Gasteiger partial charge in [0.2, 0.25) is 0 Å². The van der Waals surface area contributed by atoms with Crippen LogP contribution in [-0.4, -0.2) is 7.11 Å². The quantitative estimate of drug-likeness (QED) is 0.675. The third-order valence-corrected chi connectivity index (χ3v) is 1.89. The number of benzene rings is 1. The van der Waals surface area contributed by atoms with Gasteiger partial charge in [-0.1, -0.05) is 6.07 Å². The van der Waals surface area contributed by atoms with Gasteiger partial charge in [0.1, 0.15) is 5.75 Å². The van der Waals surface area contributed by atoms with Crippen molar-refractivity contribution in [3.63, 3.8) is 0 Å². The van der Waals surface area contributed by atoms with Gasteiger partial charge in [-0.2, -0.15) is 0 Å². The van der Waals surface area contributed by atoms with Crippen LogP contribution in [0.1, 0.15) is 0 Å². The topological polar surface area (TPSA) is 9.23 Å². The predicted molar refractivity (Wildman–Crippen MR) is 44.5 cm³/mol. The number of methoxy groups -OCH3 is 1. The van der Waals surface area contributed by atoms with Crippen LogP contribution in [0, 0.1) is 9.64 Å². The molecule has 0 fully saturated rings. The van der Waals surface area contributed by atoms with Gasteiger partial charge in [0.05, 0.1) is 10.7 Å². The molecule has 0 saturated carbocycles. The van der Waals surface area contributed by atoms with Gasteiger partial charge in [0, 0.05) is 0 Å². The zero-order valence-electron chi connectivity index (χ0n) is 5.02. The summed E-state index contributed by atoms with van der Waals surface area (Å²) in [5.74, 6) is 0.887. The molecular formula is C7H6IO. The molecule has 0 unspecified atom stereocenters. The minimum absolute atomic E-state index is 0.887. The fourth-order valence-corrected chi connectivity index (χ4v) is 1.11. The van der Waals surface area contributed by atoms with E-state index in [2.05, 4.69) is 28.7 Å². The first-order chi connectivity index (χ1) is 4.34. The van der Waals surface area contributed by atoms with E-state index in [9.17, 15) is 0 Å². The molecule has 1 radical (unpaired) electrons. The normalized spacial score (nSPS) is 9.11. The van der Waals surface area contributed by atoms with Crippen molar-refractivity contribution >= 4 is 22.6 Å². The summed E-state index contributed by atoms with van der Waals surface area (Å²) in [4.78, 5) is 0. The van der Waals surface area contributed by atoms with E-state index in [-0.39, 0.29) is 0 Å². The first-order valence-corrected chi connectivity index (χ1v) is 3.62. The molecule has 1 nitrogen and oxygen atoms in total. The highest BCUT2D eigenvalue weighted by Gasteiger charge is 1.93. The van der Waals surface area contributed by atoms with Crippen molar-refractivity contribution in [3.05, 3.63) is 27.8 Å². The fourth-order valence-electron chi connectivity index (χ4n) is 0.553. The maximum Gasteiger partial charge on any atom is 0.132 e. The van der Waals surface area contributed by atoms with Crippen LogP contribution in [0.3, 0.4) is 0 Å². The first-order valence-electron chi connectivity index (χ1n) is 2.54. The maximum absolute atomic E-state index is 5.01. The molecule has 0 atom stereocenters. The Morgan fingerprint density at radius 3 is 2.89 bits per heavy atom. The summed E-state index contributed by atoms with van der Waals surface area (Å²) in [5.41, 5.74) is 0. The zero-order chi connectivity index (χ0) is 6.69. The standard InChI is InChI=1S/C7H6IO/c1-9-7-5-3-2-4-6(7)8/h2,4-5H,1H3.